The van der Waals surface area contributed by atoms with Crippen LogP contribution in [0.25, 0.3) is 5.57 Å². The summed E-state index contributed by atoms with van der Waals surface area (Å²) in [5.74, 6) is -3.50. The number of nitrogens with zero attached hydrogens (tertiary/aromatic N) is 3. The van der Waals surface area contributed by atoms with Gasteiger partial charge >= 0.3 is 12.4 Å². The second kappa shape index (κ2) is 8.24. The normalized spacial score (nSPS) is 23.0. The molecule has 1 heterocycles. The van der Waals surface area contributed by atoms with E-state index in [9.17, 15) is 40.2 Å². The van der Waals surface area contributed by atoms with Crippen LogP contribution in [0.15, 0.2) is 5.83 Å². The first kappa shape index (κ1) is 23.0. The van der Waals surface area contributed by atoms with E-state index in [2.05, 4.69) is 15.0 Å². The highest BCUT2D eigenvalue weighted by atomic mass is 19.4. The Labute approximate surface area is 159 Å². The number of alkyl halides is 7. The molecule has 2 rings (SSSR count). The number of aromatic nitrogens is 3. The van der Waals surface area contributed by atoms with Crippen molar-refractivity contribution < 1.29 is 40.2 Å². The molecule has 0 aromatic carbocycles. The maximum absolute atomic E-state index is 14.2. The molecule has 0 saturated carbocycles. The van der Waals surface area contributed by atoms with Gasteiger partial charge in [0, 0.05) is 5.57 Å². The first-order valence-electron chi connectivity index (χ1n) is 8.33. The SMILES string of the molecule is C[C@@H](Nc1nc(N[C@H](C)C(F)(F)F)nc(C2=C(F)[C@@H](O)C(F)CC2)n1)C(F)(F)F. The first-order chi connectivity index (χ1) is 13.2. The Balaban J connectivity index is 2.47. The van der Waals surface area contributed by atoms with Crippen molar-refractivity contribution in [2.45, 2.75) is 63.4 Å². The molecule has 4 atom stereocenters. The van der Waals surface area contributed by atoms with Crippen LogP contribution in [0.1, 0.15) is 32.5 Å². The van der Waals surface area contributed by atoms with E-state index in [0.29, 0.717) is 13.8 Å². The number of aliphatic hydroxyl groups is 1. The summed E-state index contributed by atoms with van der Waals surface area (Å²) in [7, 11) is 0. The van der Waals surface area contributed by atoms with Gasteiger partial charge in [0.05, 0.1) is 0 Å². The number of rotatable bonds is 5. The fourth-order valence-corrected chi connectivity index (χ4v) is 2.31. The zero-order valence-corrected chi connectivity index (χ0v) is 15.0. The monoisotopic (exact) mass is 435 g/mol. The minimum Gasteiger partial charge on any atom is -0.383 e. The van der Waals surface area contributed by atoms with Crippen molar-refractivity contribution >= 4 is 17.5 Å². The first-order valence-corrected chi connectivity index (χ1v) is 8.33. The number of allylic oxidation sites excluding steroid dienone is 1. The molecule has 1 aliphatic rings. The van der Waals surface area contributed by atoms with Crippen LogP contribution < -0.4 is 10.6 Å². The quantitative estimate of drug-likeness (QED) is 0.611. The summed E-state index contributed by atoms with van der Waals surface area (Å²) < 4.78 is 104. The van der Waals surface area contributed by atoms with Crippen LogP contribution in [0.4, 0.5) is 47.0 Å². The van der Waals surface area contributed by atoms with Gasteiger partial charge in [0.1, 0.15) is 30.2 Å². The van der Waals surface area contributed by atoms with Crippen LogP contribution in [-0.4, -0.2) is 56.8 Å². The van der Waals surface area contributed by atoms with Gasteiger partial charge in [-0.3, -0.25) is 0 Å². The predicted octanol–water partition coefficient (Wildman–Crippen LogP) is 3.77. The fraction of sp³-hybridized carbons (Fsp3) is 0.667. The van der Waals surface area contributed by atoms with Gasteiger partial charge in [-0.05, 0) is 26.7 Å². The van der Waals surface area contributed by atoms with E-state index in [1.165, 1.54) is 0 Å². The molecule has 0 spiro atoms. The van der Waals surface area contributed by atoms with Crippen molar-refractivity contribution in [2.75, 3.05) is 10.6 Å². The van der Waals surface area contributed by atoms with Gasteiger partial charge in [0.15, 0.2) is 5.82 Å². The van der Waals surface area contributed by atoms with Crippen molar-refractivity contribution in [3.8, 4) is 0 Å². The summed E-state index contributed by atoms with van der Waals surface area (Å²) >= 11 is 0. The minimum atomic E-state index is -4.73. The maximum atomic E-state index is 14.2. The molecule has 164 valence electrons. The van der Waals surface area contributed by atoms with Crippen LogP contribution in [0.5, 0.6) is 0 Å². The van der Waals surface area contributed by atoms with E-state index in [4.69, 9.17) is 0 Å². The highest BCUT2D eigenvalue weighted by molar-refractivity contribution is 5.65. The molecule has 0 bridgehead atoms. The molecule has 0 amide bonds. The fourth-order valence-electron chi connectivity index (χ4n) is 2.31. The van der Waals surface area contributed by atoms with Gasteiger partial charge in [0.25, 0.3) is 0 Å². The third-order valence-corrected chi connectivity index (χ3v) is 4.14. The predicted molar refractivity (Wildman–Crippen MR) is 86.3 cm³/mol. The molecule has 0 aliphatic heterocycles. The van der Waals surface area contributed by atoms with Crippen LogP contribution in [-0.2, 0) is 0 Å². The number of nitrogens with one attached hydrogen (secondary N) is 2. The molecular weight excluding hydrogens is 418 g/mol. The summed E-state index contributed by atoms with van der Waals surface area (Å²) in [6.45, 7) is 1.43. The van der Waals surface area contributed by atoms with E-state index in [1.807, 2.05) is 10.6 Å². The third kappa shape index (κ3) is 5.64. The Bertz CT molecular complexity index is 726. The molecule has 14 heteroatoms. The topological polar surface area (TPSA) is 83.0 Å². The zero-order chi connectivity index (χ0) is 22.1. The number of aliphatic hydroxyl groups excluding tert-OH is 1. The van der Waals surface area contributed by atoms with Crippen molar-refractivity contribution in [1.82, 2.24) is 15.0 Å². The number of anilines is 2. The van der Waals surface area contributed by atoms with E-state index >= 15 is 0 Å². The lowest BCUT2D eigenvalue weighted by molar-refractivity contribution is -0.139. The smallest absolute Gasteiger partial charge is 0.383 e. The second-order valence-electron chi connectivity index (χ2n) is 6.45. The molecular formula is C15H17F8N5O. The Hall–Kier alpha value is -2.25. The van der Waals surface area contributed by atoms with Gasteiger partial charge in [-0.25, -0.2) is 8.78 Å². The summed E-state index contributed by atoms with van der Waals surface area (Å²) in [4.78, 5) is 10.7. The van der Waals surface area contributed by atoms with Crippen LogP contribution in [0.2, 0.25) is 0 Å². The minimum absolute atomic E-state index is 0.323. The van der Waals surface area contributed by atoms with E-state index in [0.717, 1.165) is 0 Å². The summed E-state index contributed by atoms with van der Waals surface area (Å²) in [5, 5.41) is 13.2. The lowest BCUT2D eigenvalue weighted by atomic mass is 9.94. The summed E-state index contributed by atoms with van der Waals surface area (Å²) in [6, 6.07) is -4.37. The van der Waals surface area contributed by atoms with Crippen LogP contribution in [0, 0.1) is 0 Å². The van der Waals surface area contributed by atoms with Gasteiger partial charge in [-0.15, -0.1) is 0 Å². The van der Waals surface area contributed by atoms with E-state index < -0.39 is 65.8 Å². The Morgan fingerprint density at radius 1 is 0.931 bits per heavy atom. The molecule has 1 aromatic heterocycles. The standard InChI is InChI=1S/C15H17F8N5O/c1-5(14(18,19)20)24-12-26-11(7-3-4-8(16)10(29)9(7)17)27-13(28-12)25-6(2)15(21,22)23/h5-6,8,10,29H,3-4H2,1-2H3,(H2,24,25,26,27,28)/t5-,6-,8?,10+/m1/s1. The molecule has 1 aromatic rings. The molecule has 3 N–H and O–H groups in total. The number of hydrogen-bond donors (Lipinski definition) is 3. The molecule has 0 fully saturated rings. The Morgan fingerprint density at radius 3 is 1.79 bits per heavy atom. The molecule has 6 nitrogen and oxygen atoms in total. The van der Waals surface area contributed by atoms with Crippen molar-refractivity contribution in [1.29, 1.82) is 0 Å². The molecule has 1 aliphatic carbocycles. The van der Waals surface area contributed by atoms with Crippen molar-refractivity contribution in [3.05, 3.63) is 11.7 Å². The zero-order valence-electron chi connectivity index (χ0n) is 15.0. The second-order valence-corrected chi connectivity index (χ2v) is 6.45. The average Bonchev–Trinajstić information content (AvgIpc) is 2.58. The maximum Gasteiger partial charge on any atom is 0.408 e. The largest absolute Gasteiger partial charge is 0.408 e. The Kier molecular flexibility index (Phi) is 6.55. The molecule has 1 unspecified atom stereocenters. The molecule has 0 radical (unpaired) electrons. The van der Waals surface area contributed by atoms with Crippen LogP contribution in [0.3, 0.4) is 0 Å². The summed E-state index contributed by atoms with van der Waals surface area (Å²) in [5.41, 5.74) is -0.431. The Morgan fingerprint density at radius 2 is 1.38 bits per heavy atom. The lowest BCUT2D eigenvalue weighted by Crippen LogP contribution is -2.35. The van der Waals surface area contributed by atoms with Gasteiger partial charge < -0.3 is 15.7 Å². The van der Waals surface area contributed by atoms with Crippen LogP contribution >= 0.6 is 0 Å². The van der Waals surface area contributed by atoms with E-state index in [-0.39, 0.29) is 12.8 Å². The summed E-state index contributed by atoms with van der Waals surface area (Å²) in [6.07, 6.45) is -14.2. The van der Waals surface area contributed by atoms with Gasteiger partial charge in [0.2, 0.25) is 11.9 Å². The van der Waals surface area contributed by atoms with Crippen molar-refractivity contribution in [2.24, 2.45) is 0 Å². The number of halogens is 8. The van der Waals surface area contributed by atoms with Gasteiger partial charge in [-0.2, -0.15) is 41.3 Å². The van der Waals surface area contributed by atoms with Crippen molar-refractivity contribution in [3.63, 3.8) is 0 Å². The highest BCUT2D eigenvalue weighted by Gasteiger charge is 2.39. The van der Waals surface area contributed by atoms with Gasteiger partial charge in [-0.1, -0.05) is 0 Å². The lowest BCUT2D eigenvalue weighted by Gasteiger charge is -2.24. The highest BCUT2D eigenvalue weighted by Crippen LogP contribution is 2.34. The number of hydrogen-bond acceptors (Lipinski definition) is 6. The third-order valence-electron chi connectivity index (χ3n) is 4.14. The van der Waals surface area contributed by atoms with E-state index in [1.54, 1.807) is 0 Å². The molecule has 29 heavy (non-hydrogen) atoms. The molecule has 0 saturated heterocycles. The average molecular weight is 435 g/mol.